The zero-order chi connectivity index (χ0) is 20.0. The summed E-state index contributed by atoms with van der Waals surface area (Å²) in [5, 5.41) is 0.966. The van der Waals surface area contributed by atoms with Crippen LogP contribution in [-0.4, -0.2) is 32.3 Å². The van der Waals surface area contributed by atoms with Crippen LogP contribution in [-0.2, 0) is 10.0 Å². The van der Waals surface area contributed by atoms with Gasteiger partial charge in [-0.1, -0.05) is 42.2 Å². The van der Waals surface area contributed by atoms with E-state index in [4.69, 9.17) is 4.74 Å². The summed E-state index contributed by atoms with van der Waals surface area (Å²) in [6, 6.07) is 15.3. The number of sulfonamides is 1. The molecule has 0 spiro atoms. The van der Waals surface area contributed by atoms with Crippen molar-refractivity contribution in [3.8, 4) is 17.6 Å². The molecular formula is C21H18N2O4S. The van der Waals surface area contributed by atoms with Gasteiger partial charge in [-0.2, -0.15) is 4.72 Å². The zero-order valence-corrected chi connectivity index (χ0v) is 16.0. The molecule has 0 fully saturated rings. The number of nitrogens with one attached hydrogen (secondary N) is 1. The maximum absolute atomic E-state index is 12.3. The Morgan fingerprint density at radius 2 is 1.89 bits per heavy atom. The lowest BCUT2D eigenvalue weighted by molar-refractivity contribution is 0.101. The Morgan fingerprint density at radius 1 is 1.11 bits per heavy atom. The summed E-state index contributed by atoms with van der Waals surface area (Å²) in [7, 11) is -3.74. The number of rotatable bonds is 6. The van der Waals surface area contributed by atoms with Crippen LogP contribution in [0.2, 0.25) is 0 Å². The molecule has 0 saturated carbocycles. The highest BCUT2D eigenvalue weighted by molar-refractivity contribution is 7.89. The van der Waals surface area contributed by atoms with Gasteiger partial charge < -0.3 is 4.74 Å². The van der Waals surface area contributed by atoms with Crippen LogP contribution >= 0.6 is 0 Å². The normalized spacial score (nSPS) is 10.9. The number of pyridine rings is 1. The van der Waals surface area contributed by atoms with Gasteiger partial charge in [-0.05, 0) is 31.2 Å². The molecule has 0 unspecified atom stereocenters. The summed E-state index contributed by atoms with van der Waals surface area (Å²) in [6.07, 6.45) is 1.69. The van der Waals surface area contributed by atoms with Crippen molar-refractivity contribution in [1.29, 1.82) is 0 Å². The standard InChI is InChI=1S/C21H18N2O4S/c1-16(24)18-8-4-10-19(15-18)28(25,26)23-13-2-3-14-27-20-11-5-7-17-9-6-12-22-21(17)20/h4-12,15,23H,13-14H2,1H3. The lowest BCUT2D eigenvalue weighted by atomic mass is 10.2. The number of benzene rings is 2. The second-order valence-electron chi connectivity index (χ2n) is 5.88. The van der Waals surface area contributed by atoms with E-state index < -0.39 is 10.0 Å². The number of carbonyl (C=O) groups excluding carboxylic acids is 1. The second-order valence-corrected chi connectivity index (χ2v) is 7.65. The Kier molecular flexibility index (Phi) is 6.04. The molecule has 28 heavy (non-hydrogen) atoms. The third kappa shape index (κ3) is 4.74. The molecule has 6 nitrogen and oxygen atoms in total. The highest BCUT2D eigenvalue weighted by atomic mass is 32.2. The fourth-order valence-corrected chi connectivity index (χ4v) is 3.49. The summed E-state index contributed by atoms with van der Waals surface area (Å²) in [5.41, 5.74) is 1.09. The van der Waals surface area contributed by atoms with Crippen LogP contribution in [0.5, 0.6) is 5.75 Å². The Bertz CT molecular complexity index is 1170. The highest BCUT2D eigenvalue weighted by Gasteiger charge is 2.14. The van der Waals surface area contributed by atoms with Crippen molar-refractivity contribution >= 4 is 26.7 Å². The fraction of sp³-hybridized carbons (Fsp3) is 0.143. The van der Waals surface area contributed by atoms with E-state index in [1.807, 2.05) is 30.3 Å². The molecule has 0 aliphatic heterocycles. The Labute approximate surface area is 163 Å². The molecule has 2 aromatic carbocycles. The quantitative estimate of drug-likeness (QED) is 0.513. The van der Waals surface area contributed by atoms with Crippen LogP contribution in [0.1, 0.15) is 17.3 Å². The molecule has 0 radical (unpaired) electrons. The van der Waals surface area contributed by atoms with Crippen LogP contribution in [0.15, 0.2) is 65.7 Å². The average Bonchev–Trinajstić information content (AvgIpc) is 2.70. The summed E-state index contributed by atoms with van der Waals surface area (Å²) < 4.78 is 32.6. The van der Waals surface area contributed by atoms with Crippen LogP contribution < -0.4 is 9.46 Å². The summed E-state index contributed by atoms with van der Waals surface area (Å²) >= 11 is 0. The molecule has 0 amide bonds. The first-order chi connectivity index (χ1) is 13.5. The second kappa shape index (κ2) is 8.65. The van der Waals surface area contributed by atoms with Gasteiger partial charge in [0.15, 0.2) is 5.78 Å². The van der Waals surface area contributed by atoms with E-state index in [9.17, 15) is 13.2 Å². The molecule has 0 bridgehead atoms. The first-order valence-electron chi connectivity index (χ1n) is 8.50. The topological polar surface area (TPSA) is 85.4 Å². The van der Waals surface area contributed by atoms with Gasteiger partial charge in [0.2, 0.25) is 10.0 Å². The van der Waals surface area contributed by atoms with Gasteiger partial charge in [0.1, 0.15) is 17.9 Å². The van der Waals surface area contributed by atoms with Crippen LogP contribution in [0.25, 0.3) is 10.9 Å². The number of Topliss-reactive ketones (excluding diaryl/α,β-unsaturated/α-hetero) is 1. The summed E-state index contributed by atoms with van der Waals surface area (Å²) in [6.45, 7) is 1.43. The molecule has 1 heterocycles. The van der Waals surface area contributed by atoms with E-state index in [2.05, 4.69) is 21.5 Å². The third-order valence-corrected chi connectivity index (χ3v) is 5.32. The minimum absolute atomic E-state index is 0.0279. The van der Waals surface area contributed by atoms with Gasteiger partial charge in [0, 0.05) is 17.1 Å². The number of fused-ring (bicyclic) bond motifs is 1. The van der Waals surface area contributed by atoms with Crippen LogP contribution in [0, 0.1) is 11.8 Å². The predicted molar refractivity (Wildman–Crippen MR) is 107 cm³/mol. The molecule has 3 aromatic rings. The molecule has 142 valence electrons. The number of hydrogen-bond acceptors (Lipinski definition) is 5. The van der Waals surface area contributed by atoms with E-state index in [1.54, 1.807) is 12.3 Å². The molecule has 1 N–H and O–H groups in total. The van der Waals surface area contributed by atoms with Gasteiger partial charge >= 0.3 is 0 Å². The first kappa shape index (κ1) is 19.5. The molecule has 3 rings (SSSR count). The number of carbonyl (C=O) groups is 1. The molecule has 1 aromatic heterocycles. The van der Waals surface area contributed by atoms with E-state index >= 15 is 0 Å². The third-order valence-electron chi connectivity index (χ3n) is 3.92. The van der Waals surface area contributed by atoms with Crippen LogP contribution in [0.3, 0.4) is 0 Å². The number of aromatic nitrogens is 1. The van der Waals surface area contributed by atoms with Crippen molar-refractivity contribution in [3.05, 3.63) is 66.4 Å². The van der Waals surface area contributed by atoms with Crippen molar-refractivity contribution in [2.24, 2.45) is 0 Å². The number of ketones is 1. The first-order valence-corrected chi connectivity index (χ1v) is 9.98. The SMILES string of the molecule is CC(=O)c1cccc(S(=O)(=O)NCC#CCOc2cccc3cccnc23)c1. The average molecular weight is 394 g/mol. The summed E-state index contributed by atoms with van der Waals surface area (Å²) in [4.78, 5) is 15.7. The van der Waals surface area contributed by atoms with Gasteiger partial charge in [0.25, 0.3) is 0 Å². The molecule has 0 atom stereocenters. The van der Waals surface area contributed by atoms with Crippen molar-refractivity contribution < 1.29 is 17.9 Å². The largest absolute Gasteiger partial charge is 0.479 e. The maximum Gasteiger partial charge on any atom is 0.241 e. The van der Waals surface area contributed by atoms with Gasteiger partial charge in [-0.25, -0.2) is 8.42 Å². The minimum Gasteiger partial charge on any atom is -0.479 e. The van der Waals surface area contributed by atoms with Crippen molar-refractivity contribution in [2.45, 2.75) is 11.8 Å². The number of para-hydroxylation sites is 1. The highest BCUT2D eigenvalue weighted by Crippen LogP contribution is 2.22. The lowest BCUT2D eigenvalue weighted by Gasteiger charge is -2.06. The summed E-state index contributed by atoms with van der Waals surface area (Å²) in [5.74, 6) is 5.91. The number of nitrogens with zero attached hydrogens (tertiary/aromatic N) is 1. The monoisotopic (exact) mass is 394 g/mol. The van der Waals surface area contributed by atoms with E-state index in [0.717, 1.165) is 10.9 Å². The predicted octanol–water partition coefficient (Wildman–Crippen LogP) is 2.80. The number of hydrogen-bond donors (Lipinski definition) is 1. The van der Waals surface area contributed by atoms with Crippen molar-refractivity contribution in [1.82, 2.24) is 9.71 Å². The van der Waals surface area contributed by atoms with E-state index in [0.29, 0.717) is 11.3 Å². The maximum atomic E-state index is 12.3. The molecular weight excluding hydrogens is 376 g/mol. The molecule has 0 aliphatic rings. The number of ether oxygens (including phenoxy) is 1. The zero-order valence-electron chi connectivity index (χ0n) is 15.2. The van der Waals surface area contributed by atoms with Gasteiger partial charge in [-0.15, -0.1) is 0 Å². The van der Waals surface area contributed by atoms with E-state index in [1.165, 1.54) is 25.1 Å². The Morgan fingerprint density at radius 3 is 2.71 bits per heavy atom. The van der Waals surface area contributed by atoms with Crippen LogP contribution in [0.4, 0.5) is 0 Å². The van der Waals surface area contributed by atoms with Crippen molar-refractivity contribution in [3.63, 3.8) is 0 Å². The van der Waals surface area contributed by atoms with Crippen molar-refractivity contribution in [2.75, 3.05) is 13.2 Å². The van der Waals surface area contributed by atoms with Gasteiger partial charge in [0.05, 0.1) is 11.4 Å². The molecule has 0 saturated heterocycles. The van der Waals surface area contributed by atoms with E-state index in [-0.39, 0.29) is 23.8 Å². The Balaban J connectivity index is 1.58. The fourth-order valence-electron chi connectivity index (χ4n) is 2.52. The smallest absolute Gasteiger partial charge is 0.241 e. The Hall–Kier alpha value is -3.21. The minimum atomic E-state index is -3.74. The molecule has 0 aliphatic carbocycles. The van der Waals surface area contributed by atoms with Gasteiger partial charge in [-0.3, -0.25) is 9.78 Å². The lowest BCUT2D eigenvalue weighted by Crippen LogP contribution is -2.24. The molecule has 7 heteroatoms.